The number of anilines is 1. The first kappa shape index (κ1) is 22.0. The third-order valence-electron chi connectivity index (χ3n) is 5.22. The van der Waals surface area contributed by atoms with Crippen molar-refractivity contribution in [1.29, 1.82) is 0 Å². The summed E-state index contributed by atoms with van der Waals surface area (Å²) in [6, 6.07) is 10.6. The number of halogens is 2. The molecule has 0 N–H and O–H groups in total. The molecule has 0 atom stereocenters. The molecule has 1 aliphatic rings. The van der Waals surface area contributed by atoms with Crippen LogP contribution < -0.4 is 4.90 Å². The average molecular weight is 482 g/mol. The van der Waals surface area contributed by atoms with E-state index in [0.29, 0.717) is 31.2 Å². The number of piperazine rings is 1. The van der Waals surface area contributed by atoms with E-state index < -0.39 is 9.84 Å². The molecule has 0 spiro atoms. The minimum Gasteiger partial charge on any atom is -0.345 e. The Balaban J connectivity index is 1.27. The molecule has 1 fully saturated rings. The van der Waals surface area contributed by atoms with Crippen LogP contribution in [0.2, 0.25) is 5.02 Å². The highest BCUT2D eigenvalue weighted by Gasteiger charge is 2.24. The van der Waals surface area contributed by atoms with Crippen LogP contribution in [0, 0.1) is 5.82 Å². The molecular weight excluding hydrogens is 461 g/mol. The van der Waals surface area contributed by atoms with Gasteiger partial charge in [0, 0.05) is 37.6 Å². The molecule has 31 heavy (non-hydrogen) atoms. The van der Waals surface area contributed by atoms with Gasteiger partial charge in [0.2, 0.25) is 5.91 Å². The van der Waals surface area contributed by atoms with Gasteiger partial charge < -0.3 is 9.80 Å². The second-order valence-electron chi connectivity index (χ2n) is 7.35. The standard InChI is InChI=1S/C21H21ClFN3O3S2/c22-15-3-6-17(7-4-15)31(28,29)13-1-2-20(27)25-9-11-26(12-10-25)21-24-18-8-5-16(23)14-19(18)30-21/h3-8,14H,1-2,9-13H2. The van der Waals surface area contributed by atoms with Gasteiger partial charge >= 0.3 is 0 Å². The first-order valence-electron chi connectivity index (χ1n) is 9.89. The van der Waals surface area contributed by atoms with E-state index in [0.717, 1.165) is 15.3 Å². The molecule has 1 saturated heterocycles. The minimum absolute atomic E-state index is 0.0441. The molecule has 2 heterocycles. The number of fused-ring (bicyclic) bond motifs is 1. The van der Waals surface area contributed by atoms with Gasteiger partial charge in [-0.25, -0.2) is 17.8 Å². The molecule has 0 bridgehead atoms. The number of rotatable bonds is 6. The van der Waals surface area contributed by atoms with Crippen molar-refractivity contribution >= 4 is 54.0 Å². The normalized spacial score (nSPS) is 14.9. The van der Waals surface area contributed by atoms with Gasteiger partial charge in [0.1, 0.15) is 5.82 Å². The van der Waals surface area contributed by atoms with Gasteiger partial charge in [-0.15, -0.1) is 0 Å². The molecular formula is C21H21ClFN3O3S2. The lowest BCUT2D eigenvalue weighted by molar-refractivity contribution is -0.131. The van der Waals surface area contributed by atoms with Crippen LogP contribution in [0.1, 0.15) is 12.8 Å². The largest absolute Gasteiger partial charge is 0.345 e. The van der Waals surface area contributed by atoms with Gasteiger partial charge in [-0.05, 0) is 48.9 Å². The first-order chi connectivity index (χ1) is 14.8. The van der Waals surface area contributed by atoms with E-state index in [1.807, 2.05) is 0 Å². The van der Waals surface area contributed by atoms with Crippen molar-refractivity contribution in [2.45, 2.75) is 17.7 Å². The van der Waals surface area contributed by atoms with Crippen LogP contribution in [-0.4, -0.2) is 56.1 Å². The summed E-state index contributed by atoms with van der Waals surface area (Å²) in [5, 5.41) is 1.30. The Hall–Kier alpha value is -2.23. The second kappa shape index (κ2) is 9.10. The Bertz CT molecular complexity index is 1190. The summed E-state index contributed by atoms with van der Waals surface area (Å²) in [5.41, 5.74) is 0.766. The molecule has 0 aliphatic carbocycles. The first-order valence-corrected chi connectivity index (χ1v) is 12.7. The van der Waals surface area contributed by atoms with E-state index in [2.05, 4.69) is 9.88 Å². The van der Waals surface area contributed by atoms with E-state index in [9.17, 15) is 17.6 Å². The molecule has 164 valence electrons. The van der Waals surface area contributed by atoms with Crippen LogP contribution in [0.3, 0.4) is 0 Å². The van der Waals surface area contributed by atoms with Crippen molar-refractivity contribution in [2.24, 2.45) is 0 Å². The molecule has 0 saturated carbocycles. The van der Waals surface area contributed by atoms with Gasteiger partial charge in [0.25, 0.3) is 0 Å². The Labute approximate surface area is 189 Å². The number of benzene rings is 2. The highest BCUT2D eigenvalue weighted by atomic mass is 35.5. The summed E-state index contributed by atoms with van der Waals surface area (Å²) in [5.74, 6) is -0.406. The maximum Gasteiger partial charge on any atom is 0.222 e. The molecule has 3 aromatic rings. The number of hydrogen-bond donors (Lipinski definition) is 0. The van der Waals surface area contributed by atoms with E-state index in [1.54, 1.807) is 23.1 Å². The number of aromatic nitrogens is 1. The number of nitrogens with zero attached hydrogens (tertiary/aromatic N) is 3. The molecule has 0 unspecified atom stereocenters. The molecule has 6 nitrogen and oxygen atoms in total. The SMILES string of the molecule is O=C(CCCS(=O)(=O)c1ccc(Cl)cc1)N1CCN(c2nc3ccc(F)cc3s2)CC1. The predicted molar refractivity (Wildman–Crippen MR) is 121 cm³/mol. The Morgan fingerprint density at radius 2 is 1.81 bits per heavy atom. The van der Waals surface area contributed by atoms with Gasteiger partial charge in [-0.1, -0.05) is 22.9 Å². The van der Waals surface area contributed by atoms with Crippen LogP contribution in [0.15, 0.2) is 47.4 Å². The zero-order valence-corrected chi connectivity index (χ0v) is 19.0. The fraction of sp³-hybridized carbons (Fsp3) is 0.333. The fourth-order valence-electron chi connectivity index (χ4n) is 3.50. The van der Waals surface area contributed by atoms with Gasteiger partial charge in [-0.2, -0.15) is 0 Å². The fourth-order valence-corrected chi connectivity index (χ4v) is 5.98. The molecule has 0 radical (unpaired) electrons. The van der Waals surface area contributed by atoms with E-state index in [4.69, 9.17) is 11.6 Å². The molecule has 1 amide bonds. The highest BCUT2D eigenvalue weighted by molar-refractivity contribution is 7.91. The summed E-state index contributed by atoms with van der Waals surface area (Å²) in [4.78, 5) is 21.2. The quantitative estimate of drug-likeness (QED) is 0.532. The van der Waals surface area contributed by atoms with Crippen LogP contribution in [0.5, 0.6) is 0 Å². The minimum atomic E-state index is -3.44. The van der Waals surface area contributed by atoms with Crippen molar-refractivity contribution in [2.75, 3.05) is 36.8 Å². The number of hydrogen-bond acceptors (Lipinski definition) is 6. The van der Waals surface area contributed by atoms with Crippen molar-refractivity contribution in [3.05, 3.63) is 53.3 Å². The van der Waals surface area contributed by atoms with E-state index in [-0.39, 0.29) is 35.2 Å². The summed E-state index contributed by atoms with van der Waals surface area (Å²) in [6.45, 7) is 2.37. The topological polar surface area (TPSA) is 70.6 Å². The zero-order valence-electron chi connectivity index (χ0n) is 16.6. The summed E-state index contributed by atoms with van der Waals surface area (Å²) < 4.78 is 39.0. The third kappa shape index (κ3) is 5.16. The lowest BCUT2D eigenvalue weighted by Crippen LogP contribution is -2.48. The van der Waals surface area contributed by atoms with Crippen molar-refractivity contribution in [1.82, 2.24) is 9.88 Å². The van der Waals surface area contributed by atoms with Gasteiger partial charge in [0.05, 0.1) is 20.9 Å². The van der Waals surface area contributed by atoms with E-state index in [1.165, 1.54) is 35.6 Å². The summed E-state index contributed by atoms with van der Waals surface area (Å²) in [6.07, 6.45) is 0.459. The second-order valence-corrected chi connectivity index (χ2v) is 10.9. The monoisotopic (exact) mass is 481 g/mol. The highest BCUT2D eigenvalue weighted by Crippen LogP contribution is 2.30. The number of carbonyl (C=O) groups excluding carboxylic acids is 1. The van der Waals surface area contributed by atoms with Crippen LogP contribution in [-0.2, 0) is 14.6 Å². The van der Waals surface area contributed by atoms with Crippen LogP contribution in [0.4, 0.5) is 9.52 Å². The number of amides is 1. The van der Waals surface area contributed by atoms with Gasteiger partial charge in [-0.3, -0.25) is 4.79 Å². The van der Waals surface area contributed by atoms with Crippen LogP contribution >= 0.6 is 22.9 Å². The van der Waals surface area contributed by atoms with Crippen molar-refractivity contribution in [3.63, 3.8) is 0 Å². The van der Waals surface area contributed by atoms with Crippen molar-refractivity contribution < 1.29 is 17.6 Å². The Kier molecular flexibility index (Phi) is 6.45. The molecule has 2 aromatic carbocycles. The predicted octanol–water partition coefficient (Wildman–Crippen LogP) is 3.99. The number of sulfone groups is 1. The molecule has 10 heteroatoms. The third-order valence-corrected chi connectivity index (χ3v) is 8.37. The lowest BCUT2D eigenvalue weighted by atomic mass is 10.2. The Morgan fingerprint density at radius 1 is 1.10 bits per heavy atom. The molecule has 1 aromatic heterocycles. The lowest BCUT2D eigenvalue weighted by Gasteiger charge is -2.34. The average Bonchev–Trinajstić information content (AvgIpc) is 3.17. The Morgan fingerprint density at radius 3 is 2.52 bits per heavy atom. The number of thiazole rings is 1. The van der Waals surface area contributed by atoms with Gasteiger partial charge in [0.15, 0.2) is 15.0 Å². The summed E-state index contributed by atoms with van der Waals surface area (Å²) >= 11 is 7.24. The van der Waals surface area contributed by atoms with E-state index >= 15 is 0 Å². The maximum absolute atomic E-state index is 13.4. The molecule has 4 rings (SSSR count). The smallest absolute Gasteiger partial charge is 0.222 e. The maximum atomic E-state index is 13.4. The zero-order chi connectivity index (χ0) is 22.0. The van der Waals surface area contributed by atoms with Crippen molar-refractivity contribution in [3.8, 4) is 0 Å². The summed E-state index contributed by atoms with van der Waals surface area (Å²) in [7, 11) is -3.44. The molecule has 1 aliphatic heterocycles. The number of carbonyl (C=O) groups is 1. The van der Waals surface area contributed by atoms with Crippen LogP contribution in [0.25, 0.3) is 10.2 Å².